The lowest BCUT2D eigenvalue weighted by Gasteiger charge is -2.30. The molecule has 2 aromatic carbocycles. The van der Waals surface area contributed by atoms with Crippen LogP contribution >= 0.6 is 0 Å². The topological polar surface area (TPSA) is 83.6 Å². The average Bonchev–Trinajstić information content (AvgIpc) is 3.05. The molecule has 4 rings (SSSR count). The van der Waals surface area contributed by atoms with Crippen molar-refractivity contribution >= 4 is 16.9 Å². The number of benzene rings is 2. The van der Waals surface area contributed by atoms with Gasteiger partial charge in [0, 0.05) is 23.0 Å². The molecule has 1 aliphatic heterocycles. The summed E-state index contributed by atoms with van der Waals surface area (Å²) in [5.41, 5.74) is 4.03. The highest BCUT2D eigenvalue weighted by molar-refractivity contribution is 5.87. The summed E-state index contributed by atoms with van der Waals surface area (Å²) < 4.78 is 10.2. The van der Waals surface area contributed by atoms with E-state index in [2.05, 4.69) is 16.4 Å². The maximum absolute atomic E-state index is 12.2. The molecule has 0 aliphatic carbocycles. The van der Waals surface area contributed by atoms with Crippen LogP contribution in [-0.2, 0) is 16.0 Å². The van der Waals surface area contributed by atoms with Crippen LogP contribution in [0.3, 0.4) is 0 Å². The van der Waals surface area contributed by atoms with Gasteiger partial charge in [0.1, 0.15) is 6.04 Å². The SMILES string of the molecule is COC(=O)[C@H]1Cc2c([nH]c3ccccc23)[C@@H](c2ccc(O)c(OC)c2)N1. The zero-order valence-corrected chi connectivity index (χ0v) is 14.6. The number of H-pyrrole nitrogens is 1. The van der Waals surface area contributed by atoms with Gasteiger partial charge in [-0.25, -0.2) is 0 Å². The second kappa shape index (κ2) is 6.38. The third-order valence-corrected chi connectivity index (χ3v) is 4.93. The number of phenolic OH excluding ortho intramolecular Hbond substituents is 1. The Hall–Kier alpha value is -2.99. The van der Waals surface area contributed by atoms with Gasteiger partial charge in [-0.05, 0) is 29.3 Å². The first kappa shape index (κ1) is 16.5. The van der Waals surface area contributed by atoms with Crippen LogP contribution in [-0.4, -0.2) is 36.3 Å². The number of carbonyl (C=O) groups is 1. The molecule has 3 aromatic rings. The Kier molecular flexibility index (Phi) is 4.05. The van der Waals surface area contributed by atoms with E-state index < -0.39 is 6.04 Å². The molecule has 0 radical (unpaired) electrons. The number of aromatic amines is 1. The molecule has 134 valence electrons. The number of carbonyl (C=O) groups excluding carboxylic acids is 1. The first-order valence-corrected chi connectivity index (χ1v) is 8.42. The van der Waals surface area contributed by atoms with Crippen LogP contribution in [0.2, 0.25) is 0 Å². The van der Waals surface area contributed by atoms with Crippen LogP contribution in [0.15, 0.2) is 42.5 Å². The number of methoxy groups -OCH3 is 2. The number of fused-ring (bicyclic) bond motifs is 3. The summed E-state index contributed by atoms with van der Waals surface area (Å²) >= 11 is 0. The van der Waals surface area contributed by atoms with Crippen molar-refractivity contribution in [3.8, 4) is 11.5 Å². The number of phenols is 1. The molecule has 0 saturated heterocycles. The fourth-order valence-electron chi connectivity index (χ4n) is 3.67. The van der Waals surface area contributed by atoms with Crippen LogP contribution in [0, 0.1) is 0 Å². The van der Waals surface area contributed by atoms with Gasteiger partial charge in [0.25, 0.3) is 0 Å². The minimum atomic E-state index is -0.448. The number of esters is 1. The fraction of sp³-hybridized carbons (Fsp3) is 0.250. The Balaban J connectivity index is 1.87. The monoisotopic (exact) mass is 352 g/mol. The summed E-state index contributed by atoms with van der Waals surface area (Å²) in [7, 11) is 2.91. The molecule has 1 aromatic heterocycles. The Morgan fingerprint density at radius 2 is 2.00 bits per heavy atom. The number of rotatable bonds is 3. The predicted octanol–water partition coefficient (Wildman–Crippen LogP) is 2.66. The van der Waals surface area contributed by atoms with E-state index in [1.165, 1.54) is 14.2 Å². The number of aromatic nitrogens is 1. The molecule has 3 N–H and O–H groups in total. The minimum Gasteiger partial charge on any atom is -0.504 e. The van der Waals surface area contributed by atoms with Crippen LogP contribution < -0.4 is 10.1 Å². The summed E-state index contributed by atoms with van der Waals surface area (Å²) in [6, 6.07) is 12.6. The van der Waals surface area contributed by atoms with Crippen molar-refractivity contribution in [3.05, 3.63) is 59.3 Å². The summed E-state index contributed by atoms with van der Waals surface area (Å²) in [5, 5.41) is 14.4. The summed E-state index contributed by atoms with van der Waals surface area (Å²) in [5.74, 6) is 0.173. The van der Waals surface area contributed by atoms with Crippen molar-refractivity contribution in [1.82, 2.24) is 10.3 Å². The van der Waals surface area contributed by atoms with Gasteiger partial charge < -0.3 is 19.6 Å². The van der Waals surface area contributed by atoms with E-state index in [0.29, 0.717) is 12.2 Å². The number of ether oxygens (including phenoxy) is 2. The Morgan fingerprint density at radius 3 is 2.77 bits per heavy atom. The Labute approximate surface area is 150 Å². The molecule has 0 unspecified atom stereocenters. The molecule has 0 fully saturated rings. The van der Waals surface area contributed by atoms with Gasteiger partial charge in [-0.3, -0.25) is 10.1 Å². The van der Waals surface area contributed by atoms with Crippen LogP contribution in [0.4, 0.5) is 0 Å². The van der Waals surface area contributed by atoms with Crippen molar-refractivity contribution in [1.29, 1.82) is 0 Å². The van der Waals surface area contributed by atoms with E-state index >= 15 is 0 Å². The normalized spacial score (nSPS) is 19.2. The second-order valence-corrected chi connectivity index (χ2v) is 6.37. The third kappa shape index (κ3) is 2.59. The van der Waals surface area contributed by atoms with E-state index in [0.717, 1.165) is 27.7 Å². The number of para-hydroxylation sites is 1. The second-order valence-electron chi connectivity index (χ2n) is 6.37. The molecule has 0 spiro atoms. The average molecular weight is 352 g/mol. The highest BCUT2D eigenvalue weighted by Crippen LogP contribution is 2.37. The van der Waals surface area contributed by atoms with E-state index in [1.54, 1.807) is 12.1 Å². The van der Waals surface area contributed by atoms with Crippen LogP contribution in [0.25, 0.3) is 10.9 Å². The number of aromatic hydroxyl groups is 1. The van der Waals surface area contributed by atoms with Gasteiger partial charge in [0.05, 0.1) is 20.3 Å². The quantitative estimate of drug-likeness (QED) is 0.631. The molecule has 26 heavy (non-hydrogen) atoms. The minimum absolute atomic E-state index is 0.0773. The summed E-state index contributed by atoms with van der Waals surface area (Å²) in [6.45, 7) is 0. The van der Waals surface area contributed by atoms with Gasteiger partial charge in [-0.1, -0.05) is 24.3 Å². The number of nitrogens with one attached hydrogen (secondary N) is 2. The summed E-state index contributed by atoms with van der Waals surface area (Å²) in [6.07, 6.45) is 0.553. The first-order valence-electron chi connectivity index (χ1n) is 8.42. The van der Waals surface area contributed by atoms with Crippen LogP contribution in [0.5, 0.6) is 11.5 Å². The van der Waals surface area contributed by atoms with Crippen molar-refractivity contribution in [3.63, 3.8) is 0 Å². The first-order chi connectivity index (χ1) is 12.6. The highest BCUT2D eigenvalue weighted by atomic mass is 16.5. The number of hydrogen-bond acceptors (Lipinski definition) is 5. The Morgan fingerprint density at radius 1 is 1.19 bits per heavy atom. The van der Waals surface area contributed by atoms with Gasteiger partial charge >= 0.3 is 5.97 Å². The zero-order chi connectivity index (χ0) is 18.3. The van der Waals surface area contributed by atoms with Gasteiger partial charge in [0.2, 0.25) is 0 Å². The standard InChI is InChI=1S/C20H20N2O4/c1-25-17-9-11(7-8-16(17)23)18-19-13(10-15(22-18)20(24)26-2)12-5-3-4-6-14(12)21-19/h3-9,15,18,21-23H,10H2,1-2H3/t15-,18-/m1/s1. The van der Waals surface area contributed by atoms with Gasteiger partial charge in [-0.2, -0.15) is 0 Å². The molecule has 2 heterocycles. The molecular formula is C20H20N2O4. The van der Waals surface area contributed by atoms with E-state index in [4.69, 9.17) is 9.47 Å². The maximum Gasteiger partial charge on any atom is 0.323 e. The fourth-order valence-corrected chi connectivity index (χ4v) is 3.67. The third-order valence-electron chi connectivity index (χ3n) is 4.93. The number of hydrogen-bond donors (Lipinski definition) is 3. The predicted molar refractivity (Wildman–Crippen MR) is 97.4 cm³/mol. The smallest absolute Gasteiger partial charge is 0.323 e. The van der Waals surface area contributed by atoms with Crippen molar-refractivity contribution in [2.24, 2.45) is 0 Å². The molecular weight excluding hydrogens is 332 g/mol. The Bertz CT molecular complexity index is 979. The lowest BCUT2D eigenvalue weighted by Crippen LogP contribution is -2.45. The molecule has 2 atom stereocenters. The van der Waals surface area contributed by atoms with Gasteiger partial charge in [0.15, 0.2) is 11.5 Å². The molecule has 6 heteroatoms. The maximum atomic E-state index is 12.2. The lowest BCUT2D eigenvalue weighted by molar-refractivity contribution is -0.143. The van der Waals surface area contributed by atoms with Crippen molar-refractivity contribution in [2.75, 3.05) is 14.2 Å². The van der Waals surface area contributed by atoms with E-state index in [1.807, 2.05) is 24.3 Å². The van der Waals surface area contributed by atoms with E-state index in [9.17, 15) is 9.90 Å². The van der Waals surface area contributed by atoms with Crippen molar-refractivity contribution in [2.45, 2.75) is 18.5 Å². The van der Waals surface area contributed by atoms with E-state index in [-0.39, 0.29) is 17.8 Å². The lowest BCUT2D eigenvalue weighted by atomic mass is 9.90. The van der Waals surface area contributed by atoms with Crippen molar-refractivity contribution < 1.29 is 19.4 Å². The highest BCUT2D eigenvalue weighted by Gasteiger charge is 2.34. The van der Waals surface area contributed by atoms with Gasteiger partial charge in [-0.15, -0.1) is 0 Å². The summed E-state index contributed by atoms with van der Waals surface area (Å²) in [4.78, 5) is 15.7. The molecule has 0 amide bonds. The molecule has 0 bridgehead atoms. The zero-order valence-electron chi connectivity index (χ0n) is 14.6. The largest absolute Gasteiger partial charge is 0.504 e. The molecule has 0 saturated carbocycles. The van der Waals surface area contributed by atoms with Crippen LogP contribution in [0.1, 0.15) is 22.9 Å². The molecule has 6 nitrogen and oxygen atoms in total. The molecule has 1 aliphatic rings.